The van der Waals surface area contributed by atoms with Gasteiger partial charge in [-0.3, -0.25) is 0 Å². The minimum atomic E-state index is -4.94. The molecule has 0 unspecified atom stereocenters. The summed E-state index contributed by atoms with van der Waals surface area (Å²) in [5.74, 6) is 0. The van der Waals surface area contributed by atoms with Crippen LogP contribution in [0.4, 0.5) is 22.7 Å². The van der Waals surface area contributed by atoms with E-state index in [0.29, 0.717) is 13.1 Å². The number of nitrogens with zero attached hydrogens (tertiary/aromatic N) is 4. The molecule has 0 saturated carbocycles. The first-order chi connectivity index (χ1) is 49.7. The van der Waals surface area contributed by atoms with E-state index in [9.17, 15) is 0 Å². The monoisotopic (exact) mass is 1550 g/mol. The van der Waals surface area contributed by atoms with Gasteiger partial charge in [0.25, 0.3) is 0 Å². The van der Waals surface area contributed by atoms with E-state index in [2.05, 4.69) is 384 Å². The zero-order chi connectivity index (χ0) is 73.3. The quantitative estimate of drug-likeness (QED) is 0.0839. The highest BCUT2D eigenvalue weighted by atomic mass is 79.9. The van der Waals surface area contributed by atoms with Gasteiger partial charge in [-0.2, -0.15) is 9.15 Å². The third-order valence-electron chi connectivity index (χ3n) is 21.0. The van der Waals surface area contributed by atoms with E-state index >= 15 is 0 Å². The average Bonchev–Trinajstić information content (AvgIpc) is 1.60. The first-order valence-corrected chi connectivity index (χ1v) is 38.4. The number of benzene rings is 11. The third kappa shape index (κ3) is 15.3. The lowest BCUT2D eigenvalue weighted by Crippen LogP contribution is -2.68. The van der Waals surface area contributed by atoms with Crippen molar-refractivity contribution in [1.29, 1.82) is 0 Å². The van der Waals surface area contributed by atoms with Crippen LogP contribution in [-0.2, 0) is 60.4 Å². The molecule has 4 aliphatic rings. The van der Waals surface area contributed by atoms with Crippen LogP contribution in [0.25, 0.3) is 21.5 Å². The van der Waals surface area contributed by atoms with Crippen molar-refractivity contribution in [2.75, 3.05) is 23.9 Å². The van der Waals surface area contributed by atoms with Gasteiger partial charge in [0.05, 0.1) is 10.8 Å². The summed E-state index contributed by atoms with van der Waals surface area (Å²) in [6.45, 7) is 11.1. The molecule has 0 saturated heterocycles. The van der Waals surface area contributed by atoms with E-state index in [1.54, 1.807) is 0 Å². The molecule has 526 valence electrons. The lowest BCUT2D eigenvalue weighted by molar-refractivity contribution is -2.00. The Kier molecular flexibility index (Phi) is 21.1. The van der Waals surface area contributed by atoms with Crippen LogP contribution >= 0.6 is 31.9 Å². The molecule has 0 radical (unpaired) electrons. The van der Waals surface area contributed by atoms with Crippen LogP contribution in [0.2, 0.25) is 0 Å². The van der Waals surface area contributed by atoms with E-state index in [1.807, 2.05) is 0 Å². The summed E-state index contributed by atoms with van der Waals surface area (Å²) in [5, 5.41) is 5.04. The van der Waals surface area contributed by atoms with E-state index in [0.717, 1.165) is 34.6 Å². The number of halogens is 4. The van der Waals surface area contributed by atoms with Crippen molar-refractivity contribution in [3.63, 3.8) is 0 Å². The molecule has 15 rings (SSSR count). The Morgan fingerprint density at radius 3 is 0.971 bits per heavy atom. The minimum absolute atomic E-state index is 0.302. The summed E-state index contributed by atoms with van der Waals surface area (Å²) >= 11 is 7.77. The normalized spacial score (nSPS) is 16.8. The van der Waals surface area contributed by atoms with Gasteiger partial charge in [-0.05, 0) is 169 Å². The van der Waals surface area contributed by atoms with E-state index in [-0.39, 0.29) is 21.7 Å². The van der Waals surface area contributed by atoms with Gasteiger partial charge in [-0.15, -0.1) is 20.5 Å². The fourth-order valence-electron chi connectivity index (χ4n) is 16.7. The Labute approximate surface area is 629 Å². The molecule has 12 nitrogen and oxygen atoms in total. The van der Waals surface area contributed by atoms with Crippen molar-refractivity contribution >= 4 is 87.6 Å². The van der Waals surface area contributed by atoms with Gasteiger partial charge in [0.1, 0.15) is 0 Å². The maximum absolute atomic E-state index is 8.49. The van der Waals surface area contributed by atoms with Crippen LogP contribution in [0.1, 0.15) is 83.3 Å². The number of likely N-dealkylation sites (N-methyl/N-ethyl adjacent to an activating group) is 2. The zero-order valence-corrected chi connectivity index (χ0v) is 63.2. The number of hydrogen-bond acceptors (Lipinski definition) is 10. The molecular weight excluding hydrogens is 1470 g/mol. The number of anilines is 2. The lowest BCUT2D eigenvalue weighted by atomic mass is 9.70. The topological polar surface area (TPSA) is 197 Å². The second kappa shape index (κ2) is 29.9. The molecular formula is C88H78Br2Cl2N4O8. The standard InChI is InChI=1S/C88H78Br2N4.2ClHO4/c1-85(2)79(37-23-39-81-87(55-61-25-11-7-12-26-61,56-62-27-13-8-14-28-62)73-33-19-21-35-75(73)91(81)5)93(77-51-47-67-45-49-69(89)53-71(67)83(77)85)59-65-41-43-66(44-42-65)60-94-78-52-48-68-46-50-70(90)54-72(68)84(78)86(3,4)80(94)38-24-40-82-88(57-63-29-15-9-16-30-63,58-64-31-17-10-18-32-64)74-34-20-22-36-76(74)92(82)6;2*2-1(3,4)5/h7-54H,55-60H2,1-6H3;2*(H,2,3,4,5)/q+2;;/p-2. The number of hydrogen-bond donors (Lipinski definition) is 0. The van der Waals surface area contributed by atoms with Gasteiger partial charge in [-0.1, -0.05) is 238 Å². The summed E-state index contributed by atoms with van der Waals surface area (Å²) in [7, 11) is -5.37. The van der Waals surface area contributed by atoms with Crippen molar-refractivity contribution in [3.05, 3.63) is 367 Å². The Morgan fingerprint density at radius 1 is 0.365 bits per heavy atom. The van der Waals surface area contributed by atoms with E-state index in [1.165, 1.54) is 123 Å². The first kappa shape index (κ1) is 73.4. The van der Waals surface area contributed by atoms with Gasteiger partial charge in [-0.25, -0.2) is 37.3 Å². The number of fused-ring (bicyclic) bond motifs is 8. The predicted octanol–water partition coefficient (Wildman–Crippen LogP) is 11.8. The Balaban J connectivity index is 0.000000902. The van der Waals surface area contributed by atoms with Crippen LogP contribution in [0.5, 0.6) is 0 Å². The van der Waals surface area contributed by atoms with Crippen LogP contribution in [0.15, 0.2) is 312 Å². The second-order valence-corrected chi connectivity index (χ2v) is 31.5. The molecule has 11 aromatic carbocycles. The number of para-hydroxylation sites is 2. The predicted molar refractivity (Wildman–Crippen MR) is 401 cm³/mol. The Morgan fingerprint density at radius 2 is 0.654 bits per heavy atom. The summed E-state index contributed by atoms with van der Waals surface area (Å²) < 4.78 is 75.3. The minimum Gasteiger partial charge on any atom is -0.347 e. The number of rotatable bonds is 16. The Bertz CT molecular complexity index is 4790. The highest BCUT2D eigenvalue weighted by molar-refractivity contribution is 9.10. The molecule has 0 atom stereocenters. The molecule has 0 fully saturated rings. The highest BCUT2D eigenvalue weighted by Gasteiger charge is 2.50. The molecule has 0 N–H and O–H groups in total. The molecule has 4 heterocycles. The van der Waals surface area contributed by atoms with Crippen molar-refractivity contribution in [1.82, 2.24) is 0 Å². The summed E-state index contributed by atoms with van der Waals surface area (Å²) in [6.07, 6.45) is 17.9. The molecule has 11 aromatic rings. The van der Waals surface area contributed by atoms with Gasteiger partial charge < -0.3 is 9.80 Å². The van der Waals surface area contributed by atoms with Crippen LogP contribution in [-0.4, -0.2) is 34.7 Å². The SMILES string of the molecule is CN1/C(=C/C=C/C2=[N+](Cc3ccc(C[N+]4=C(/C=C/C=C5/N(C)c6ccccc6C5(Cc5ccccc5)Cc5ccccc5)C(C)(C)c5c4ccc4ccc(Br)cc54)cc3)c3ccc4ccc(Br)cc4c3C2(C)C)C(Cc2ccccc2)(Cc2ccccc2)c2ccccc21.[O-][Cl+3]([O-])([O-])[O-].[O-][Cl+3]([O-])([O-])[O-]. The van der Waals surface area contributed by atoms with E-state index < -0.39 is 20.5 Å². The first-order valence-electron chi connectivity index (χ1n) is 34.4. The maximum Gasteiger partial charge on any atom is 0.210 e. The molecule has 104 heavy (non-hydrogen) atoms. The molecule has 16 heteroatoms. The molecule has 0 spiro atoms. The fraction of sp³-hybridized carbons (Fsp3) is 0.182. The number of allylic oxidation sites excluding steroid dienone is 8. The summed E-state index contributed by atoms with van der Waals surface area (Å²) in [5.41, 5.74) is 22.2. The van der Waals surface area contributed by atoms with Crippen molar-refractivity contribution in [3.8, 4) is 0 Å². The maximum atomic E-state index is 8.49. The zero-order valence-electron chi connectivity index (χ0n) is 58.5. The van der Waals surface area contributed by atoms with Gasteiger partial charge in [0, 0.05) is 103 Å². The largest absolute Gasteiger partial charge is 0.347 e. The second-order valence-electron chi connectivity index (χ2n) is 28.2. The molecule has 4 aliphatic heterocycles. The summed E-state index contributed by atoms with van der Waals surface area (Å²) in [4.78, 5) is 4.90. The van der Waals surface area contributed by atoms with Crippen molar-refractivity contribution in [2.24, 2.45) is 0 Å². The molecule has 0 bridgehead atoms. The molecule has 0 amide bonds. The molecule has 0 aromatic heterocycles. The summed E-state index contributed by atoms with van der Waals surface area (Å²) in [6, 6.07) is 94.7. The highest BCUT2D eigenvalue weighted by Crippen LogP contribution is 2.54. The average molecular weight is 1550 g/mol. The smallest absolute Gasteiger partial charge is 0.210 e. The van der Waals surface area contributed by atoms with Gasteiger partial charge >= 0.3 is 0 Å². The van der Waals surface area contributed by atoms with Crippen LogP contribution in [0.3, 0.4) is 0 Å². The van der Waals surface area contributed by atoms with Crippen LogP contribution in [0, 0.1) is 20.5 Å². The fourth-order valence-corrected chi connectivity index (χ4v) is 17.5. The Hall–Kier alpha value is -8.94. The van der Waals surface area contributed by atoms with E-state index in [4.69, 9.17) is 37.3 Å². The van der Waals surface area contributed by atoms with Crippen LogP contribution < -0.4 is 47.1 Å². The molecule has 0 aliphatic carbocycles. The third-order valence-corrected chi connectivity index (χ3v) is 22.0. The van der Waals surface area contributed by atoms with Gasteiger partial charge in [0.15, 0.2) is 24.5 Å². The van der Waals surface area contributed by atoms with Gasteiger partial charge in [0.2, 0.25) is 11.4 Å². The lowest BCUT2D eigenvalue weighted by Gasteiger charge is -2.33. The van der Waals surface area contributed by atoms with Crippen molar-refractivity contribution < 1.29 is 66.9 Å². The van der Waals surface area contributed by atoms with Crippen molar-refractivity contribution in [2.45, 2.75) is 88.1 Å².